The highest BCUT2D eigenvalue weighted by molar-refractivity contribution is 5.82. The molecule has 1 fully saturated rings. The van der Waals surface area contributed by atoms with Crippen LogP contribution >= 0.6 is 0 Å². The van der Waals surface area contributed by atoms with Crippen LogP contribution in [0.4, 0.5) is 4.79 Å². The minimum atomic E-state index is -1.24. The minimum Gasteiger partial charge on any atom is -0.480 e. The summed E-state index contributed by atoms with van der Waals surface area (Å²) in [5.74, 6) is -1.30. The van der Waals surface area contributed by atoms with Gasteiger partial charge in [-0.2, -0.15) is 0 Å². The van der Waals surface area contributed by atoms with Gasteiger partial charge in [0.05, 0.1) is 6.10 Å². The molecule has 2 N–H and O–H groups in total. The van der Waals surface area contributed by atoms with Crippen LogP contribution in [0, 0.1) is 0 Å². The van der Waals surface area contributed by atoms with Gasteiger partial charge in [-0.25, -0.2) is 9.59 Å². The number of rotatable bonds is 3. The van der Waals surface area contributed by atoms with Crippen LogP contribution in [0.3, 0.4) is 0 Å². The average Bonchev–Trinajstić information content (AvgIpc) is 3.18. The van der Waals surface area contributed by atoms with Gasteiger partial charge in [0.1, 0.15) is 6.61 Å². The number of hydrogen-bond donors (Lipinski definition) is 2. The van der Waals surface area contributed by atoms with Crippen LogP contribution in [0.15, 0.2) is 48.5 Å². The second-order valence-electron chi connectivity index (χ2n) is 6.64. The SMILES string of the molecule is O=C(O)[C@@H]1C(O)CCN1C(=O)OCC1c2ccccc2-c2ccccc21. The van der Waals surface area contributed by atoms with Crippen LogP contribution in [-0.2, 0) is 9.53 Å². The van der Waals surface area contributed by atoms with Gasteiger partial charge in [0.25, 0.3) is 0 Å². The molecule has 1 unspecified atom stereocenters. The van der Waals surface area contributed by atoms with Crippen molar-refractivity contribution in [3.63, 3.8) is 0 Å². The van der Waals surface area contributed by atoms with E-state index in [0.29, 0.717) is 0 Å². The minimum absolute atomic E-state index is 0.0813. The zero-order valence-electron chi connectivity index (χ0n) is 14.0. The summed E-state index contributed by atoms with van der Waals surface area (Å²) in [6.07, 6.45) is -1.52. The molecule has 4 rings (SSSR count). The number of amides is 1. The van der Waals surface area contributed by atoms with Crippen LogP contribution in [0.1, 0.15) is 23.5 Å². The highest BCUT2D eigenvalue weighted by Gasteiger charge is 2.42. The van der Waals surface area contributed by atoms with Crippen molar-refractivity contribution in [1.29, 1.82) is 0 Å². The standard InChI is InChI=1S/C20H19NO5/c22-17-9-10-21(18(17)19(23)24)20(25)26-11-16-14-7-3-1-5-12(14)13-6-2-4-8-15(13)16/h1-8,16-18,22H,9-11H2,(H,23,24)/t17?,18-/m0/s1. The number of likely N-dealkylation sites (tertiary alicyclic amines) is 1. The number of fused-ring (bicyclic) bond motifs is 3. The van der Waals surface area contributed by atoms with Gasteiger partial charge < -0.3 is 14.9 Å². The molecule has 1 aliphatic carbocycles. The predicted octanol–water partition coefficient (Wildman–Crippen LogP) is 2.46. The Morgan fingerprint density at radius 1 is 1.04 bits per heavy atom. The summed E-state index contributed by atoms with van der Waals surface area (Å²) in [7, 11) is 0. The van der Waals surface area contributed by atoms with Gasteiger partial charge >= 0.3 is 12.1 Å². The van der Waals surface area contributed by atoms with Gasteiger partial charge in [0.2, 0.25) is 0 Å². The van der Waals surface area contributed by atoms with Crippen LogP contribution in [0.25, 0.3) is 11.1 Å². The number of carbonyl (C=O) groups is 2. The van der Waals surface area contributed by atoms with Crippen molar-refractivity contribution in [2.24, 2.45) is 0 Å². The normalized spacial score (nSPS) is 21.3. The lowest BCUT2D eigenvalue weighted by molar-refractivity contribution is -0.144. The van der Waals surface area contributed by atoms with Gasteiger partial charge in [-0.1, -0.05) is 48.5 Å². The average molecular weight is 353 g/mol. The third kappa shape index (κ3) is 2.63. The lowest BCUT2D eigenvalue weighted by atomic mass is 9.98. The number of nitrogens with zero attached hydrogens (tertiary/aromatic N) is 1. The molecule has 0 spiro atoms. The predicted molar refractivity (Wildman–Crippen MR) is 93.8 cm³/mol. The summed E-state index contributed by atoms with van der Waals surface area (Å²) in [5.41, 5.74) is 4.45. The summed E-state index contributed by atoms with van der Waals surface area (Å²) in [4.78, 5) is 24.8. The van der Waals surface area contributed by atoms with Crippen LogP contribution in [0.5, 0.6) is 0 Å². The summed E-state index contributed by atoms with van der Waals surface area (Å²) < 4.78 is 5.46. The van der Waals surface area contributed by atoms with E-state index in [2.05, 4.69) is 0 Å². The van der Waals surface area contributed by atoms with E-state index in [1.54, 1.807) is 0 Å². The zero-order valence-corrected chi connectivity index (χ0v) is 14.0. The number of ether oxygens (including phenoxy) is 1. The van der Waals surface area contributed by atoms with E-state index < -0.39 is 24.2 Å². The van der Waals surface area contributed by atoms with Gasteiger partial charge in [0.15, 0.2) is 6.04 Å². The van der Waals surface area contributed by atoms with Crippen LogP contribution < -0.4 is 0 Å². The Labute approximate surface area is 150 Å². The van der Waals surface area contributed by atoms with Crippen molar-refractivity contribution in [1.82, 2.24) is 4.90 Å². The van der Waals surface area contributed by atoms with Gasteiger partial charge in [-0.3, -0.25) is 4.90 Å². The second kappa shape index (κ2) is 6.46. The van der Waals surface area contributed by atoms with Gasteiger partial charge in [0, 0.05) is 12.5 Å². The van der Waals surface area contributed by atoms with Crippen molar-refractivity contribution in [2.45, 2.75) is 24.5 Å². The Kier molecular flexibility index (Phi) is 4.12. The molecule has 6 nitrogen and oxygen atoms in total. The summed E-state index contributed by atoms with van der Waals surface area (Å²) in [6, 6.07) is 14.8. The molecule has 26 heavy (non-hydrogen) atoms. The molecule has 2 atom stereocenters. The maximum absolute atomic E-state index is 12.4. The molecule has 2 aromatic carbocycles. The fourth-order valence-electron chi connectivity index (χ4n) is 3.96. The molecular weight excluding hydrogens is 334 g/mol. The number of carboxylic acids is 1. The third-order valence-electron chi connectivity index (χ3n) is 5.19. The highest BCUT2D eigenvalue weighted by atomic mass is 16.6. The van der Waals surface area contributed by atoms with Crippen molar-refractivity contribution < 1.29 is 24.5 Å². The Bertz CT molecular complexity index is 819. The molecule has 2 aromatic rings. The quantitative estimate of drug-likeness (QED) is 0.885. The number of benzene rings is 2. The fourth-order valence-corrected chi connectivity index (χ4v) is 3.96. The summed E-state index contributed by atoms with van der Waals surface area (Å²) >= 11 is 0. The van der Waals surface area contributed by atoms with Gasteiger partial charge in [-0.05, 0) is 28.7 Å². The molecule has 1 heterocycles. The summed E-state index contributed by atoms with van der Waals surface area (Å²) in [6.45, 7) is 0.306. The molecule has 0 aromatic heterocycles. The van der Waals surface area contributed by atoms with Gasteiger partial charge in [-0.15, -0.1) is 0 Å². The molecule has 0 saturated carbocycles. The number of carbonyl (C=O) groups excluding carboxylic acids is 1. The molecule has 0 radical (unpaired) electrons. The molecule has 1 aliphatic heterocycles. The van der Waals surface area contributed by atoms with Crippen LogP contribution in [0.2, 0.25) is 0 Å². The van der Waals surface area contributed by atoms with Crippen molar-refractivity contribution in [3.05, 3.63) is 59.7 Å². The van der Waals surface area contributed by atoms with E-state index in [0.717, 1.165) is 27.2 Å². The molecular formula is C20H19NO5. The second-order valence-corrected chi connectivity index (χ2v) is 6.64. The van der Waals surface area contributed by atoms with E-state index in [9.17, 15) is 19.8 Å². The third-order valence-corrected chi connectivity index (χ3v) is 5.19. The van der Waals surface area contributed by atoms with Crippen molar-refractivity contribution in [3.8, 4) is 11.1 Å². The van der Waals surface area contributed by atoms with Crippen LogP contribution in [-0.4, -0.2) is 52.5 Å². The van der Waals surface area contributed by atoms with E-state index in [4.69, 9.17) is 4.74 Å². The molecule has 6 heteroatoms. The molecule has 1 saturated heterocycles. The number of aliphatic hydroxyl groups excluding tert-OH is 1. The topological polar surface area (TPSA) is 87.1 Å². The zero-order chi connectivity index (χ0) is 18.3. The highest BCUT2D eigenvalue weighted by Crippen LogP contribution is 2.44. The van der Waals surface area contributed by atoms with E-state index in [1.807, 2.05) is 48.5 Å². The lowest BCUT2D eigenvalue weighted by Gasteiger charge is -2.23. The monoisotopic (exact) mass is 353 g/mol. The number of carboxylic acid groups (broad SMARTS) is 1. The summed E-state index contributed by atoms with van der Waals surface area (Å²) in [5, 5.41) is 19.0. The lowest BCUT2D eigenvalue weighted by Crippen LogP contribution is -2.45. The molecule has 134 valence electrons. The molecule has 1 amide bonds. The Balaban J connectivity index is 1.53. The fraction of sp³-hybridized carbons (Fsp3) is 0.300. The Morgan fingerprint density at radius 3 is 2.19 bits per heavy atom. The largest absolute Gasteiger partial charge is 0.480 e. The number of aliphatic carboxylic acids is 1. The first-order valence-corrected chi connectivity index (χ1v) is 8.60. The van der Waals surface area contributed by atoms with Crippen molar-refractivity contribution >= 4 is 12.1 Å². The first-order valence-electron chi connectivity index (χ1n) is 8.60. The Morgan fingerprint density at radius 2 is 1.62 bits per heavy atom. The number of aliphatic hydroxyl groups is 1. The smallest absolute Gasteiger partial charge is 0.410 e. The molecule has 0 bridgehead atoms. The Hall–Kier alpha value is -2.86. The maximum Gasteiger partial charge on any atom is 0.410 e. The van der Waals surface area contributed by atoms with E-state index in [-0.39, 0.29) is 25.5 Å². The molecule has 2 aliphatic rings. The van der Waals surface area contributed by atoms with Crippen molar-refractivity contribution in [2.75, 3.05) is 13.2 Å². The maximum atomic E-state index is 12.4. The first-order chi connectivity index (χ1) is 12.6. The van der Waals surface area contributed by atoms with E-state index >= 15 is 0 Å². The van der Waals surface area contributed by atoms with E-state index in [1.165, 1.54) is 0 Å². The number of hydrogen-bond acceptors (Lipinski definition) is 4. The first kappa shape index (κ1) is 16.6.